The smallest absolute Gasteiger partial charge is 0.441 e. The van der Waals surface area contributed by atoms with E-state index in [2.05, 4.69) is 0 Å². The number of halogens is 8. The molecule has 0 heterocycles. The maximum atomic E-state index is 13.7. The van der Waals surface area contributed by atoms with E-state index in [1.807, 2.05) is 0 Å². The number of thioether (sulfide) groups is 2. The highest BCUT2D eigenvalue weighted by atomic mass is 35.5. The highest BCUT2D eigenvalue weighted by Gasteiger charge is 2.28. The lowest BCUT2D eigenvalue weighted by atomic mass is 10.2. The van der Waals surface area contributed by atoms with E-state index in [4.69, 9.17) is 16.3 Å². The molecule has 26 heavy (non-hydrogen) atoms. The number of rotatable bonds is 10. The predicted molar refractivity (Wildman–Crippen MR) is 90.7 cm³/mol. The van der Waals surface area contributed by atoms with E-state index in [9.17, 15) is 30.7 Å². The second-order valence-electron chi connectivity index (χ2n) is 5.17. The van der Waals surface area contributed by atoms with Crippen molar-refractivity contribution < 1.29 is 35.5 Å². The van der Waals surface area contributed by atoms with Gasteiger partial charge in [-0.2, -0.15) is 26.3 Å². The molecular formula is C15H16ClF7OS2. The Morgan fingerprint density at radius 3 is 2.23 bits per heavy atom. The number of unbranched alkanes of at least 4 members (excludes halogenated alkanes) is 3. The van der Waals surface area contributed by atoms with Crippen molar-refractivity contribution in [3.8, 4) is 5.75 Å². The maximum Gasteiger partial charge on any atom is 0.441 e. The van der Waals surface area contributed by atoms with Crippen molar-refractivity contribution in [2.45, 2.75) is 42.3 Å². The van der Waals surface area contributed by atoms with Gasteiger partial charge >= 0.3 is 11.7 Å². The first-order chi connectivity index (χ1) is 12.0. The van der Waals surface area contributed by atoms with Gasteiger partial charge in [-0.25, -0.2) is 4.39 Å². The first kappa shape index (κ1) is 23.6. The molecule has 1 aromatic rings. The fourth-order valence-corrected chi connectivity index (χ4v) is 3.42. The molecule has 0 N–H and O–H groups in total. The summed E-state index contributed by atoms with van der Waals surface area (Å²) in [6.45, 7) is 0.105. The lowest BCUT2D eigenvalue weighted by Crippen LogP contribution is -2.10. The zero-order valence-corrected chi connectivity index (χ0v) is 15.7. The Morgan fingerprint density at radius 1 is 0.962 bits per heavy atom. The molecule has 0 saturated heterocycles. The molecule has 0 saturated carbocycles. The summed E-state index contributed by atoms with van der Waals surface area (Å²) in [6.07, 6.45) is -2.32. The van der Waals surface area contributed by atoms with Crippen molar-refractivity contribution in [2.24, 2.45) is 0 Å². The second kappa shape index (κ2) is 10.8. The topological polar surface area (TPSA) is 9.23 Å². The summed E-state index contributed by atoms with van der Waals surface area (Å²) < 4.78 is 91.5. The molecule has 150 valence electrons. The Kier molecular flexibility index (Phi) is 9.74. The van der Waals surface area contributed by atoms with Gasteiger partial charge in [0.2, 0.25) is 0 Å². The van der Waals surface area contributed by atoms with Gasteiger partial charge in [0, 0.05) is 10.6 Å². The third-order valence-electron chi connectivity index (χ3n) is 2.94. The average Bonchev–Trinajstić information content (AvgIpc) is 2.48. The SMILES string of the molecule is Fc1cc(Cl)c(SCC(F)(F)F)cc1OCCCCCCSC(F)(F)F. The van der Waals surface area contributed by atoms with Gasteiger partial charge in [0.25, 0.3) is 0 Å². The van der Waals surface area contributed by atoms with Crippen LogP contribution in [0, 0.1) is 5.82 Å². The third kappa shape index (κ3) is 10.6. The highest BCUT2D eigenvalue weighted by molar-refractivity contribution is 8.00. The molecule has 0 aromatic heterocycles. The first-order valence-corrected chi connectivity index (χ1v) is 9.85. The lowest BCUT2D eigenvalue weighted by Gasteiger charge is -2.12. The molecule has 0 atom stereocenters. The van der Waals surface area contributed by atoms with Crippen molar-refractivity contribution in [2.75, 3.05) is 18.1 Å². The van der Waals surface area contributed by atoms with E-state index in [1.165, 1.54) is 0 Å². The second-order valence-corrected chi connectivity index (χ2v) is 7.76. The van der Waals surface area contributed by atoms with Crippen molar-refractivity contribution in [3.05, 3.63) is 23.0 Å². The summed E-state index contributed by atoms with van der Waals surface area (Å²) in [5.41, 5.74) is -4.23. The van der Waals surface area contributed by atoms with E-state index in [-0.39, 0.29) is 39.8 Å². The molecule has 0 aliphatic heterocycles. The van der Waals surface area contributed by atoms with Crippen LogP contribution in [0.5, 0.6) is 5.75 Å². The average molecular weight is 445 g/mol. The first-order valence-electron chi connectivity index (χ1n) is 7.50. The molecule has 0 spiro atoms. The Bertz CT molecular complexity index is 564. The van der Waals surface area contributed by atoms with Gasteiger partial charge in [-0.1, -0.05) is 36.2 Å². The van der Waals surface area contributed by atoms with Crippen LogP contribution in [0.3, 0.4) is 0 Å². The van der Waals surface area contributed by atoms with Gasteiger partial charge in [0.15, 0.2) is 11.6 Å². The minimum atomic E-state index is -4.38. The van der Waals surface area contributed by atoms with Crippen molar-refractivity contribution >= 4 is 35.1 Å². The fourth-order valence-electron chi connectivity index (χ4n) is 1.82. The largest absolute Gasteiger partial charge is 0.490 e. The number of alkyl halides is 6. The summed E-state index contributed by atoms with van der Waals surface area (Å²) in [5.74, 6) is -2.16. The number of benzene rings is 1. The van der Waals surface area contributed by atoms with Crippen LogP contribution in [0.1, 0.15) is 25.7 Å². The molecule has 0 amide bonds. The Balaban J connectivity index is 2.36. The standard InChI is InChI=1S/C15H16ClF7OS2/c16-10-7-11(17)12(8-13(10)25-9-14(18,19)20)24-5-3-1-2-4-6-26-15(21,22)23/h7-8H,1-6,9H2. The zero-order valence-electron chi connectivity index (χ0n) is 13.4. The summed E-state index contributed by atoms with van der Waals surface area (Å²) in [5, 5.41) is -0.133. The molecule has 1 nitrogen and oxygen atoms in total. The van der Waals surface area contributed by atoms with Crippen LogP contribution in [-0.2, 0) is 0 Å². The van der Waals surface area contributed by atoms with Gasteiger partial charge in [0.1, 0.15) is 0 Å². The van der Waals surface area contributed by atoms with E-state index in [0.717, 1.165) is 12.1 Å². The molecule has 0 radical (unpaired) electrons. The minimum Gasteiger partial charge on any atom is -0.490 e. The predicted octanol–water partition coefficient (Wildman–Crippen LogP) is 7.33. The maximum absolute atomic E-state index is 13.7. The fraction of sp³-hybridized carbons (Fsp3) is 0.600. The van der Waals surface area contributed by atoms with Crippen LogP contribution in [0.15, 0.2) is 17.0 Å². The van der Waals surface area contributed by atoms with Crippen LogP contribution in [0.2, 0.25) is 5.02 Å². The monoisotopic (exact) mass is 444 g/mol. The summed E-state index contributed by atoms with van der Waals surface area (Å²) in [6, 6.07) is 2.01. The molecule has 0 unspecified atom stereocenters. The van der Waals surface area contributed by atoms with Gasteiger partial charge in [-0.3, -0.25) is 0 Å². The van der Waals surface area contributed by atoms with Crippen molar-refractivity contribution in [3.63, 3.8) is 0 Å². The molecule has 1 rings (SSSR count). The number of ether oxygens (including phenoxy) is 1. The Labute approximate surface area is 160 Å². The molecular weight excluding hydrogens is 429 g/mol. The van der Waals surface area contributed by atoms with E-state index in [1.54, 1.807) is 0 Å². The van der Waals surface area contributed by atoms with Crippen LogP contribution < -0.4 is 4.74 Å². The number of hydrogen-bond donors (Lipinski definition) is 0. The molecule has 11 heteroatoms. The summed E-state index contributed by atoms with van der Waals surface area (Å²) >= 11 is 6.09. The third-order valence-corrected chi connectivity index (χ3v) is 5.31. The summed E-state index contributed by atoms with van der Waals surface area (Å²) in [7, 11) is 0. The van der Waals surface area contributed by atoms with E-state index in [0.29, 0.717) is 37.4 Å². The van der Waals surface area contributed by atoms with E-state index >= 15 is 0 Å². The Hall–Kier alpha value is -0.480. The quantitative estimate of drug-likeness (QED) is 0.212. The van der Waals surface area contributed by atoms with Crippen molar-refractivity contribution in [1.29, 1.82) is 0 Å². The van der Waals surface area contributed by atoms with Crippen LogP contribution in [-0.4, -0.2) is 29.8 Å². The number of hydrogen-bond acceptors (Lipinski definition) is 3. The molecule has 0 fully saturated rings. The zero-order chi connectivity index (χ0) is 19.8. The van der Waals surface area contributed by atoms with E-state index < -0.39 is 23.3 Å². The van der Waals surface area contributed by atoms with Crippen LogP contribution in [0.25, 0.3) is 0 Å². The molecule has 0 bridgehead atoms. The van der Waals surface area contributed by atoms with Crippen LogP contribution in [0.4, 0.5) is 30.7 Å². The normalized spacial score (nSPS) is 12.5. The van der Waals surface area contributed by atoms with Gasteiger partial charge in [0.05, 0.1) is 17.4 Å². The molecule has 0 aliphatic rings. The molecule has 1 aromatic carbocycles. The minimum absolute atomic E-state index is 0.0179. The highest BCUT2D eigenvalue weighted by Crippen LogP contribution is 2.36. The summed E-state index contributed by atoms with van der Waals surface area (Å²) in [4.78, 5) is 0.0598. The molecule has 0 aliphatic carbocycles. The Morgan fingerprint density at radius 2 is 1.62 bits per heavy atom. The van der Waals surface area contributed by atoms with Gasteiger partial charge in [-0.05, 0) is 25.0 Å². The lowest BCUT2D eigenvalue weighted by molar-refractivity contribution is -0.105. The van der Waals surface area contributed by atoms with Crippen LogP contribution >= 0.6 is 35.1 Å². The van der Waals surface area contributed by atoms with Gasteiger partial charge < -0.3 is 4.74 Å². The van der Waals surface area contributed by atoms with Gasteiger partial charge in [-0.15, -0.1) is 11.8 Å². The van der Waals surface area contributed by atoms with Crippen molar-refractivity contribution in [1.82, 2.24) is 0 Å².